The first-order valence-electron chi connectivity index (χ1n) is 7.36. The summed E-state index contributed by atoms with van der Waals surface area (Å²) < 4.78 is 13.6. The summed E-state index contributed by atoms with van der Waals surface area (Å²) >= 11 is 6.29. The minimum Gasteiger partial charge on any atom is -0.309 e. The fourth-order valence-corrected chi connectivity index (χ4v) is 2.79. The smallest absolute Gasteiger partial charge is 0.123 e. The average molecular weight is 306 g/mol. The van der Waals surface area contributed by atoms with Crippen molar-refractivity contribution in [3.05, 3.63) is 70.5 Å². The zero-order valence-electron chi connectivity index (χ0n) is 12.4. The van der Waals surface area contributed by atoms with Gasteiger partial charge in [0.25, 0.3) is 0 Å². The van der Waals surface area contributed by atoms with Gasteiger partial charge >= 0.3 is 0 Å². The third-order valence-corrected chi connectivity index (χ3v) is 4.08. The van der Waals surface area contributed by atoms with Crippen molar-refractivity contribution in [1.82, 2.24) is 5.32 Å². The van der Waals surface area contributed by atoms with E-state index in [1.807, 2.05) is 18.2 Å². The van der Waals surface area contributed by atoms with E-state index in [9.17, 15) is 4.39 Å². The Bertz CT molecular complexity index is 571. The minimum atomic E-state index is -0.252. The Morgan fingerprint density at radius 1 is 1.14 bits per heavy atom. The molecule has 0 spiro atoms. The molecule has 0 saturated carbocycles. The van der Waals surface area contributed by atoms with Crippen LogP contribution in [0.3, 0.4) is 0 Å². The van der Waals surface area contributed by atoms with Crippen LogP contribution in [0, 0.1) is 5.82 Å². The van der Waals surface area contributed by atoms with E-state index >= 15 is 0 Å². The number of hydrogen-bond acceptors (Lipinski definition) is 1. The second-order valence-corrected chi connectivity index (χ2v) is 5.70. The fourth-order valence-electron chi connectivity index (χ4n) is 2.56. The molecule has 0 fully saturated rings. The van der Waals surface area contributed by atoms with Gasteiger partial charge in [-0.25, -0.2) is 4.39 Å². The number of benzene rings is 2. The van der Waals surface area contributed by atoms with Crippen molar-refractivity contribution in [2.75, 3.05) is 6.54 Å². The first-order chi connectivity index (χ1) is 10.1. The highest BCUT2D eigenvalue weighted by Gasteiger charge is 2.22. The first-order valence-corrected chi connectivity index (χ1v) is 7.74. The highest BCUT2D eigenvalue weighted by Crippen LogP contribution is 2.34. The molecule has 1 nitrogen and oxygen atoms in total. The second kappa shape index (κ2) is 7.58. The largest absolute Gasteiger partial charge is 0.309 e. The summed E-state index contributed by atoms with van der Waals surface area (Å²) in [5.74, 6) is -0.0463. The van der Waals surface area contributed by atoms with Crippen molar-refractivity contribution in [2.45, 2.75) is 32.2 Å². The van der Waals surface area contributed by atoms with Crippen molar-refractivity contribution in [3.8, 4) is 0 Å². The molecule has 2 atom stereocenters. The van der Waals surface area contributed by atoms with Crippen molar-refractivity contribution in [3.63, 3.8) is 0 Å². The van der Waals surface area contributed by atoms with Gasteiger partial charge in [0.1, 0.15) is 5.82 Å². The molecule has 0 heterocycles. The van der Waals surface area contributed by atoms with Crippen LogP contribution >= 0.6 is 11.6 Å². The molecule has 0 radical (unpaired) electrons. The van der Waals surface area contributed by atoms with Gasteiger partial charge in [0.2, 0.25) is 0 Å². The van der Waals surface area contributed by atoms with Crippen LogP contribution in [0.2, 0.25) is 5.02 Å². The van der Waals surface area contributed by atoms with Crippen LogP contribution in [0.4, 0.5) is 4.39 Å². The Morgan fingerprint density at radius 2 is 1.86 bits per heavy atom. The standard InChI is InChI=1S/C18H21ClFN/c1-3-11-21-18(13(2)14-7-5-4-6-8-14)16-12-15(20)9-10-17(16)19/h4-10,12-13,18,21H,3,11H2,1-2H3. The zero-order chi connectivity index (χ0) is 15.2. The molecule has 2 unspecified atom stereocenters. The highest BCUT2D eigenvalue weighted by molar-refractivity contribution is 6.31. The van der Waals surface area contributed by atoms with E-state index in [2.05, 4.69) is 31.3 Å². The van der Waals surface area contributed by atoms with Gasteiger partial charge in [0, 0.05) is 17.0 Å². The first kappa shape index (κ1) is 16.0. The van der Waals surface area contributed by atoms with Gasteiger partial charge < -0.3 is 5.32 Å². The van der Waals surface area contributed by atoms with Gasteiger partial charge in [-0.15, -0.1) is 0 Å². The summed E-state index contributed by atoms with van der Waals surface area (Å²) in [7, 11) is 0. The van der Waals surface area contributed by atoms with Crippen LogP contribution in [0.25, 0.3) is 0 Å². The minimum absolute atomic E-state index is 0.00412. The molecule has 0 aliphatic carbocycles. The predicted molar refractivity (Wildman–Crippen MR) is 87.3 cm³/mol. The maximum absolute atomic E-state index is 13.6. The fraction of sp³-hybridized carbons (Fsp3) is 0.333. The van der Waals surface area contributed by atoms with E-state index in [0.29, 0.717) is 5.02 Å². The molecule has 112 valence electrons. The van der Waals surface area contributed by atoms with Crippen LogP contribution < -0.4 is 5.32 Å². The molecule has 0 saturated heterocycles. The van der Waals surface area contributed by atoms with Crippen molar-refractivity contribution >= 4 is 11.6 Å². The third kappa shape index (κ3) is 4.05. The Morgan fingerprint density at radius 3 is 2.52 bits per heavy atom. The molecule has 2 aromatic rings. The quantitative estimate of drug-likeness (QED) is 0.761. The van der Waals surface area contributed by atoms with Gasteiger partial charge in [0.05, 0.1) is 0 Å². The van der Waals surface area contributed by atoms with Crippen LogP contribution in [0.15, 0.2) is 48.5 Å². The van der Waals surface area contributed by atoms with Crippen molar-refractivity contribution in [2.24, 2.45) is 0 Å². The van der Waals surface area contributed by atoms with Gasteiger partial charge in [-0.2, -0.15) is 0 Å². The van der Waals surface area contributed by atoms with E-state index in [1.165, 1.54) is 17.7 Å². The maximum atomic E-state index is 13.6. The molecule has 0 aliphatic rings. The third-order valence-electron chi connectivity index (χ3n) is 3.73. The molecular formula is C18H21ClFN. The van der Waals surface area contributed by atoms with Gasteiger partial charge in [-0.3, -0.25) is 0 Å². The highest BCUT2D eigenvalue weighted by atomic mass is 35.5. The van der Waals surface area contributed by atoms with Gasteiger partial charge in [-0.1, -0.05) is 55.8 Å². The second-order valence-electron chi connectivity index (χ2n) is 5.30. The zero-order valence-corrected chi connectivity index (χ0v) is 13.2. The summed E-state index contributed by atoms with van der Waals surface area (Å²) in [4.78, 5) is 0. The molecule has 2 rings (SSSR count). The lowest BCUT2D eigenvalue weighted by Gasteiger charge is -2.27. The SMILES string of the molecule is CCCNC(c1cc(F)ccc1Cl)C(C)c1ccccc1. The Balaban J connectivity index is 2.36. The monoisotopic (exact) mass is 305 g/mol. The topological polar surface area (TPSA) is 12.0 Å². The Hall–Kier alpha value is -1.38. The lowest BCUT2D eigenvalue weighted by molar-refractivity contribution is 0.464. The van der Waals surface area contributed by atoms with Gasteiger partial charge in [-0.05, 0) is 42.3 Å². The number of rotatable bonds is 6. The molecular weight excluding hydrogens is 285 g/mol. The predicted octanol–water partition coefficient (Wildman–Crippen LogP) is 5.32. The summed E-state index contributed by atoms with van der Waals surface area (Å²) in [6.07, 6.45) is 1.02. The molecule has 3 heteroatoms. The lowest BCUT2D eigenvalue weighted by atomic mass is 9.88. The molecule has 21 heavy (non-hydrogen) atoms. The van der Waals surface area contributed by atoms with Crippen LogP contribution in [-0.2, 0) is 0 Å². The van der Waals surface area contributed by atoms with E-state index in [1.54, 1.807) is 6.07 Å². The molecule has 0 aromatic heterocycles. The van der Waals surface area contributed by atoms with Gasteiger partial charge in [0.15, 0.2) is 0 Å². The van der Waals surface area contributed by atoms with Crippen molar-refractivity contribution < 1.29 is 4.39 Å². The van der Waals surface area contributed by atoms with E-state index in [-0.39, 0.29) is 17.8 Å². The lowest BCUT2D eigenvalue weighted by Crippen LogP contribution is -2.27. The Labute approximate surface area is 131 Å². The van der Waals surface area contributed by atoms with E-state index in [0.717, 1.165) is 18.5 Å². The van der Waals surface area contributed by atoms with Crippen LogP contribution in [0.1, 0.15) is 43.4 Å². The Kier molecular flexibility index (Phi) is 5.77. The number of hydrogen-bond donors (Lipinski definition) is 1. The van der Waals surface area contributed by atoms with Crippen LogP contribution in [0.5, 0.6) is 0 Å². The maximum Gasteiger partial charge on any atom is 0.123 e. The molecule has 2 aromatic carbocycles. The normalized spacial score (nSPS) is 13.9. The molecule has 0 bridgehead atoms. The number of halogens is 2. The average Bonchev–Trinajstić information content (AvgIpc) is 2.51. The summed E-state index contributed by atoms with van der Waals surface area (Å²) in [6, 6.07) is 14.8. The van der Waals surface area contributed by atoms with E-state index < -0.39 is 0 Å². The van der Waals surface area contributed by atoms with E-state index in [4.69, 9.17) is 11.6 Å². The summed E-state index contributed by atoms with van der Waals surface area (Å²) in [5.41, 5.74) is 2.04. The van der Waals surface area contributed by atoms with Crippen molar-refractivity contribution in [1.29, 1.82) is 0 Å². The van der Waals surface area contributed by atoms with Crippen LogP contribution in [-0.4, -0.2) is 6.54 Å². The molecule has 0 aliphatic heterocycles. The molecule has 1 N–H and O–H groups in total. The molecule has 0 amide bonds. The summed E-state index contributed by atoms with van der Waals surface area (Å²) in [6.45, 7) is 5.13. The number of nitrogens with one attached hydrogen (secondary N) is 1. The summed E-state index contributed by atoms with van der Waals surface area (Å²) in [5, 5.41) is 4.11.